The summed E-state index contributed by atoms with van der Waals surface area (Å²) in [5, 5.41) is 8.24. The first-order chi connectivity index (χ1) is 6.29. The monoisotopic (exact) mass is 175 g/mol. The molecule has 2 nitrogen and oxygen atoms in total. The van der Waals surface area contributed by atoms with Gasteiger partial charge in [0.05, 0.1) is 11.6 Å². The van der Waals surface area contributed by atoms with Crippen molar-refractivity contribution in [2.45, 2.75) is 0 Å². The molecule has 0 N–H and O–H groups in total. The predicted octanol–water partition coefficient (Wildman–Crippen LogP) is 2.17. The molecule has 0 atom stereocenters. The van der Waals surface area contributed by atoms with Gasteiger partial charge in [-0.3, -0.25) is 4.79 Å². The Hall–Kier alpha value is -1.95. The number of hydrogen-bond donors (Lipinski definition) is 0. The summed E-state index contributed by atoms with van der Waals surface area (Å²) in [6.07, 6.45) is 3.03. The molecule has 1 rings (SSSR count). The average molecular weight is 175 g/mol. The van der Waals surface area contributed by atoms with Crippen molar-refractivity contribution in [1.82, 2.24) is 0 Å². The van der Waals surface area contributed by atoms with Crippen molar-refractivity contribution >= 4 is 12.4 Å². The molecule has 0 amide bonds. The number of benzene rings is 1. The third kappa shape index (κ3) is 2.00. The molecule has 64 valence electrons. The van der Waals surface area contributed by atoms with Crippen LogP contribution >= 0.6 is 0 Å². The van der Waals surface area contributed by atoms with Crippen molar-refractivity contribution in [3.8, 4) is 6.07 Å². The van der Waals surface area contributed by atoms with Crippen LogP contribution in [-0.2, 0) is 0 Å². The molecule has 0 saturated heterocycles. The van der Waals surface area contributed by atoms with Crippen LogP contribution in [-0.4, -0.2) is 6.29 Å². The van der Waals surface area contributed by atoms with Crippen LogP contribution in [0.3, 0.4) is 0 Å². The summed E-state index contributed by atoms with van der Waals surface area (Å²) in [7, 11) is 0. The van der Waals surface area contributed by atoms with E-state index >= 15 is 0 Å². The summed E-state index contributed by atoms with van der Waals surface area (Å²) >= 11 is 0. The van der Waals surface area contributed by atoms with E-state index in [-0.39, 0.29) is 5.56 Å². The van der Waals surface area contributed by atoms with Crippen molar-refractivity contribution in [3.05, 3.63) is 41.2 Å². The highest BCUT2D eigenvalue weighted by Crippen LogP contribution is 2.12. The number of carbonyl (C=O) groups is 1. The number of nitriles is 1. The standard InChI is InChI=1S/C10H6FNO/c11-10-5-1-3-8(4-2-6-12)9(10)7-13/h1-5,7H. The van der Waals surface area contributed by atoms with Gasteiger partial charge in [0, 0.05) is 6.08 Å². The maximum atomic E-state index is 12.9. The van der Waals surface area contributed by atoms with Crippen LogP contribution in [0.15, 0.2) is 24.3 Å². The number of allylic oxidation sites excluding steroid dienone is 1. The van der Waals surface area contributed by atoms with Gasteiger partial charge in [-0.25, -0.2) is 4.39 Å². The molecule has 1 aromatic carbocycles. The van der Waals surface area contributed by atoms with E-state index in [1.54, 1.807) is 12.1 Å². The second-order valence-corrected chi connectivity index (χ2v) is 2.32. The van der Waals surface area contributed by atoms with E-state index in [0.717, 1.165) is 0 Å². The van der Waals surface area contributed by atoms with Gasteiger partial charge in [0.1, 0.15) is 5.82 Å². The third-order valence-electron chi connectivity index (χ3n) is 1.54. The van der Waals surface area contributed by atoms with Gasteiger partial charge in [-0.2, -0.15) is 5.26 Å². The second kappa shape index (κ2) is 4.17. The second-order valence-electron chi connectivity index (χ2n) is 2.32. The summed E-state index contributed by atoms with van der Waals surface area (Å²) in [6, 6.07) is 6.03. The van der Waals surface area contributed by atoms with Crippen molar-refractivity contribution in [1.29, 1.82) is 5.26 Å². The number of rotatable bonds is 2. The molecule has 0 radical (unpaired) electrons. The van der Waals surface area contributed by atoms with Gasteiger partial charge in [0.15, 0.2) is 6.29 Å². The summed E-state index contributed by atoms with van der Waals surface area (Å²) in [5.74, 6) is -0.574. The van der Waals surface area contributed by atoms with Crippen molar-refractivity contribution in [3.63, 3.8) is 0 Å². The Morgan fingerprint density at radius 1 is 1.46 bits per heavy atom. The fourth-order valence-electron chi connectivity index (χ4n) is 0.950. The van der Waals surface area contributed by atoms with Crippen molar-refractivity contribution in [2.75, 3.05) is 0 Å². The molecule has 0 saturated carbocycles. The van der Waals surface area contributed by atoms with Gasteiger partial charge in [0.25, 0.3) is 0 Å². The van der Waals surface area contributed by atoms with E-state index < -0.39 is 5.82 Å². The summed E-state index contributed by atoms with van der Waals surface area (Å²) < 4.78 is 12.9. The maximum absolute atomic E-state index is 12.9. The summed E-state index contributed by atoms with van der Waals surface area (Å²) in [4.78, 5) is 10.5. The van der Waals surface area contributed by atoms with Crippen LogP contribution in [0.2, 0.25) is 0 Å². The number of halogens is 1. The predicted molar refractivity (Wildman–Crippen MR) is 46.4 cm³/mol. The van der Waals surface area contributed by atoms with Gasteiger partial charge in [-0.1, -0.05) is 12.1 Å². The zero-order valence-electron chi connectivity index (χ0n) is 6.70. The SMILES string of the molecule is N#CC=Cc1cccc(F)c1C=O. The average Bonchev–Trinajstić information content (AvgIpc) is 2.15. The number of hydrogen-bond acceptors (Lipinski definition) is 2. The highest BCUT2D eigenvalue weighted by molar-refractivity contribution is 5.82. The Balaban J connectivity index is 3.22. The van der Waals surface area contributed by atoms with E-state index in [2.05, 4.69) is 0 Å². The van der Waals surface area contributed by atoms with Gasteiger partial charge >= 0.3 is 0 Å². The first-order valence-corrected chi connectivity index (χ1v) is 3.59. The number of nitrogens with zero attached hydrogens (tertiary/aromatic N) is 1. The van der Waals surface area contributed by atoms with E-state index in [1.165, 1.54) is 24.3 Å². The molecule has 0 aliphatic heterocycles. The lowest BCUT2D eigenvalue weighted by molar-refractivity contribution is 0.111. The molecule has 0 aromatic heterocycles. The molecule has 3 heteroatoms. The normalized spacial score (nSPS) is 9.85. The zero-order valence-corrected chi connectivity index (χ0v) is 6.70. The van der Waals surface area contributed by atoms with Gasteiger partial charge < -0.3 is 0 Å². The third-order valence-corrected chi connectivity index (χ3v) is 1.54. The lowest BCUT2D eigenvalue weighted by Crippen LogP contribution is -1.90. The molecule has 0 bridgehead atoms. The fourth-order valence-corrected chi connectivity index (χ4v) is 0.950. The van der Waals surface area contributed by atoms with Crippen molar-refractivity contribution < 1.29 is 9.18 Å². The number of carbonyl (C=O) groups excluding carboxylic acids is 1. The van der Waals surface area contributed by atoms with Gasteiger partial charge in [-0.15, -0.1) is 0 Å². The van der Waals surface area contributed by atoms with Crippen LogP contribution in [0, 0.1) is 17.1 Å². The maximum Gasteiger partial charge on any atom is 0.153 e. The zero-order chi connectivity index (χ0) is 9.68. The quantitative estimate of drug-likeness (QED) is 0.510. The molecule has 0 heterocycles. The minimum absolute atomic E-state index is 0.0194. The largest absolute Gasteiger partial charge is 0.298 e. The Morgan fingerprint density at radius 2 is 2.23 bits per heavy atom. The van der Waals surface area contributed by atoms with Crippen LogP contribution in [0.4, 0.5) is 4.39 Å². The molecular weight excluding hydrogens is 169 g/mol. The lowest BCUT2D eigenvalue weighted by Gasteiger charge is -1.98. The Labute approximate surface area is 74.9 Å². The molecule has 0 aliphatic rings. The molecule has 0 fully saturated rings. The first-order valence-electron chi connectivity index (χ1n) is 3.59. The van der Waals surface area contributed by atoms with E-state index in [0.29, 0.717) is 11.8 Å². The smallest absolute Gasteiger partial charge is 0.153 e. The van der Waals surface area contributed by atoms with Gasteiger partial charge in [-0.05, 0) is 17.7 Å². The summed E-state index contributed by atoms with van der Waals surface area (Å²) in [5.41, 5.74) is 0.394. The first kappa shape index (κ1) is 9.14. The van der Waals surface area contributed by atoms with Crippen LogP contribution in [0.5, 0.6) is 0 Å². The lowest BCUT2D eigenvalue weighted by atomic mass is 10.1. The highest BCUT2D eigenvalue weighted by atomic mass is 19.1. The molecule has 0 unspecified atom stereocenters. The Morgan fingerprint density at radius 3 is 2.85 bits per heavy atom. The van der Waals surface area contributed by atoms with Crippen LogP contribution < -0.4 is 0 Å². The molecule has 13 heavy (non-hydrogen) atoms. The highest BCUT2D eigenvalue weighted by Gasteiger charge is 2.03. The molecule has 0 aliphatic carbocycles. The number of aldehydes is 1. The Bertz CT molecular complexity index is 390. The van der Waals surface area contributed by atoms with Crippen LogP contribution in [0.25, 0.3) is 6.08 Å². The molecule has 0 spiro atoms. The van der Waals surface area contributed by atoms with E-state index in [4.69, 9.17) is 5.26 Å². The van der Waals surface area contributed by atoms with Crippen molar-refractivity contribution in [2.24, 2.45) is 0 Å². The van der Waals surface area contributed by atoms with E-state index in [9.17, 15) is 9.18 Å². The topological polar surface area (TPSA) is 40.9 Å². The van der Waals surface area contributed by atoms with Gasteiger partial charge in [0.2, 0.25) is 0 Å². The molecule has 1 aromatic rings. The molecular formula is C10H6FNO. The Kier molecular flexibility index (Phi) is 2.93. The summed E-state index contributed by atoms with van der Waals surface area (Å²) in [6.45, 7) is 0. The minimum atomic E-state index is -0.574. The minimum Gasteiger partial charge on any atom is -0.298 e. The van der Waals surface area contributed by atoms with E-state index in [1.807, 2.05) is 0 Å². The fraction of sp³-hybridized carbons (Fsp3) is 0. The van der Waals surface area contributed by atoms with Crippen LogP contribution in [0.1, 0.15) is 15.9 Å².